The molecule has 20 heavy (non-hydrogen) atoms. The fraction of sp³-hybridized carbons (Fsp3) is 0.667. The van der Waals surface area contributed by atoms with Crippen LogP contribution in [-0.2, 0) is 0 Å². The summed E-state index contributed by atoms with van der Waals surface area (Å²) in [6.45, 7) is 10.9. The molecule has 0 bridgehead atoms. The Morgan fingerprint density at radius 1 is 1.30 bits per heavy atom. The van der Waals surface area contributed by atoms with Crippen molar-refractivity contribution in [2.75, 3.05) is 13.2 Å². The first kappa shape index (κ1) is 15.4. The van der Waals surface area contributed by atoms with Crippen LogP contribution in [0.3, 0.4) is 0 Å². The smallest absolute Gasteiger partial charge is 0.119 e. The van der Waals surface area contributed by atoms with Gasteiger partial charge in [0, 0.05) is 6.04 Å². The predicted octanol–water partition coefficient (Wildman–Crippen LogP) is 4.36. The Labute approximate surface area is 123 Å². The Morgan fingerprint density at radius 3 is 2.75 bits per heavy atom. The molecule has 1 aliphatic carbocycles. The molecule has 0 aliphatic heterocycles. The molecule has 3 atom stereocenters. The van der Waals surface area contributed by atoms with Crippen LogP contribution < -0.4 is 10.1 Å². The molecule has 0 spiro atoms. The van der Waals surface area contributed by atoms with Gasteiger partial charge >= 0.3 is 0 Å². The van der Waals surface area contributed by atoms with Gasteiger partial charge in [0.15, 0.2) is 0 Å². The van der Waals surface area contributed by atoms with Crippen molar-refractivity contribution >= 4 is 0 Å². The molecule has 0 saturated heterocycles. The Bertz CT molecular complexity index is 431. The van der Waals surface area contributed by atoms with Crippen molar-refractivity contribution in [1.82, 2.24) is 5.32 Å². The Hall–Kier alpha value is -1.02. The first-order valence-electron chi connectivity index (χ1n) is 8.11. The molecule has 0 aromatic heterocycles. The number of ether oxygens (including phenoxy) is 1. The molecule has 112 valence electrons. The summed E-state index contributed by atoms with van der Waals surface area (Å²) in [6.07, 6.45) is 3.68. The maximum atomic E-state index is 5.64. The maximum absolute atomic E-state index is 5.64. The van der Waals surface area contributed by atoms with E-state index in [1.54, 1.807) is 0 Å². The van der Waals surface area contributed by atoms with E-state index in [9.17, 15) is 0 Å². The average molecular weight is 275 g/mol. The van der Waals surface area contributed by atoms with Crippen molar-refractivity contribution < 1.29 is 4.74 Å². The zero-order chi connectivity index (χ0) is 14.6. The molecule has 1 aromatic carbocycles. The summed E-state index contributed by atoms with van der Waals surface area (Å²) in [5.41, 5.74) is 1.81. The van der Waals surface area contributed by atoms with E-state index >= 15 is 0 Å². The van der Waals surface area contributed by atoms with Gasteiger partial charge in [-0.2, -0.15) is 0 Å². The van der Waals surface area contributed by atoms with Crippen molar-refractivity contribution in [3.63, 3.8) is 0 Å². The quantitative estimate of drug-likeness (QED) is 0.798. The lowest BCUT2D eigenvalue weighted by Crippen LogP contribution is -2.56. The van der Waals surface area contributed by atoms with E-state index in [1.807, 2.05) is 6.92 Å². The fourth-order valence-corrected chi connectivity index (χ4v) is 3.49. The molecule has 1 N–H and O–H groups in total. The van der Waals surface area contributed by atoms with Crippen LogP contribution in [0.25, 0.3) is 0 Å². The molecule has 2 rings (SSSR count). The van der Waals surface area contributed by atoms with Crippen molar-refractivity contribution in [2.45, 2.75) is 58.9 Å². The highest BCUT2D eigenvalue weighted by Gasteiger charge is 2.50. The van der Waals surface area contributed by atoms with E-state index in [0.29, 0.717) is 17.4 Å². The van der Waals surface area contributed by atoms with Crippen molar-refractivity contribution in [1.29, 1.82) is 0 Å². The third-order valence-corrected chi connectivity index (χ3v) is 5.04. The highest BCUT2D eigenvalue weighted by atomic mass is 16.5. The summed E-state index contributed by atoms with van der Waals surface area (Å²) in [5.74, 6) is 1.66. The minimum absolute atomic E-state index is 0.375. The number of hydrogen-bond acceptors (Lipinski definition) is 2. The monoisotopic (exact) mass is 275 g/mol. The van der Waals surface area contributed by atoms with Gasteiger partial charge in [0.25, 0.3) is 0 Å². The second kappa shape index (κ2) is 6.62. The van der Waals surface area contributed by atoms with E-state index < -0.39 is 0 Å². The van der Waals surface area contributed by atoms with E-state index in [4.69, 9.17) is 4.74 Å². The van der Waals surface area contributed by atoms with Crippen LogP contribution >= 0.6 is 0 Å². The lowest BCUT2D eigenvalue weighted by molar-refractivity contribution is 0.0444. The largest absolute Gasteiger partial charge is 0.494 e. The predicted molar refractivity (Wildman–Crippen MR) is 85.4 cm³/mol. The number of benzene rings is 1. The van der Waals surface area contributed by atoms with Crippen LogP contribution in [0.15, 0.2) is 24.3 Å². The van der Waals surface area contributed by atoms with Crippen LogP contribution in [0.5, 0.6) is 5.75 Å². The van der Waals surface area contributed by atoms with Gasteiger partial charge in [0.2, 0.25) is 0 Å². The van der Waals surface area contributed by atoms with Crippen molar-refractivity contribution in [2.24, 2.45) is 5.41 Å². The van der Waals surface area contributed by atoms with Crippen LogP contribution in [0.1, 0.15) is 58.4 Å². The van der Waals surface area contributed by atoms with Crippen LogP contribution in [0.4, 0.5) is 0 Å². The van der Waals surface area contributed by atoms with Gasteiger partial charge in [-0.3, -0.25) is 0 Å². The fourth-order valence-electron chi connectivity index (χ4n) is 3.49. The molecule has 2 nitrogen and oxygen atoms in total. The molecule has 2 heteroatoms. The second-order valence-electron chi connectivity index (χ2n) is 6.16. The van der Waals surface area contributed by atoms with Crippen LogP contribution in [-0.4, -0.2) is 19.2 Å². The summed E-state index contributed by atoms with van der Waals surface area (Å²) < 4.78 is 5.64. The molecule has 1 aromatic rings. The van der Waals surface area contributed by atoms with E-state index in [2.05, 4.69) is 50.4 Å². The van der Waals surface area contributed by atoms with Gasteiger partial charge in [0.05, 0.1) is 6.61 Å². The molecular weight excluding hydrogens is 246 g/mol. The van der Waals surface area contributed by atoms with Crippen molar-refractivity contribution in [3.8, 4) is 5.75 Å². The maximum Gasteiger partial charge on any atom is 0.119 e. The Kier molecular flexibility index (Phi) is 5.09. The summed E-state index contributed by atoms with van der Waals surface area (Å²) in [6, 6.07) is 9.34. The molecule has 0 heterocycles. The lowest BCUT2D eigenvalue weighted by Gasteiger charge is -2.55. The van der Waals surface area contributed by atoms with Crippen LogP contribution in [0, 0.1) is 5.41 Å². The van der Waals surface area contributed by atoms with Gasteiger partial charge < -0.3 is 10.1 Å². The van der Waals surface area contributed by atoms with Gasteiger partial charge in [-0.1, -0.05) is 32.9 Å². The minimum Gasteiger partial charge on any atom is -0.494 e. The number of nitrogens with one attached hydrogen (secondary N) is 1. The van der Waals surface area contributed by atoms with Gasteiger partial charge in [-0.15, -0.1) is 0 Å². The standard InChI is InChI=1S/C18H29NO/c1-5-11-19-17-13-16(18(17,4)6-2)14-9-8-10-15(12-14)20-7-3/h8-10,12,16-17,19H,5-7,11,13H2,1-4H3. The van der Waals surface area contributed by atoms with E-state index in [-0.39, 0.29) is 0 Å². The first-order chi connectivity index (χ1) is 9.65. The SMILES string of the molecule is CCCNC1CC(c2cccc(OCC)c2)C1(C)CC. The zero-order valence-electron chi connectivity index (χ0n) is 13.4. The molecular formula is C18H29NO. The van der Waals surface area contributed by atoms with Gasteiger partial charge in [-0.25, -0.2) is 0 Å². The van der Waals surface area contributed by atoms with E-state index in [0.717, 1.165) is 18.9 Å². The second-order valence-corrected chi connectivity index (χ2v) is 6.16. The van der Waals surface area contributed by atoms with E-state index in [1.165, 1.54) is 24.8 Å². The summed E-state index contributed by atoms with van der Waals surface area (Å²) >= 11 is 0. The Balaban J connectivity index is 2.11. The van der Waals surface area contributed by atoms with Crippen LogP contribution in [0.2, 0.25) is 0 Å². The third-order valence-electron chi connectivity index (χ3n) is 5.04. The summed E-state index contributed by atoms with van der Waals surface area (Å²) in [4.78, 5) is 0. The van der Waals surface area contributed by atoms with Crippen molar-refractivity contribution in [3.05, 3.63) is 29.8 Å². The molecule has 1 saturated carbocycles. The van der Waals surface area contributed by atoms with Gasteiger partial charge in [0.1, 0.15) is 5.75 Å². The molecule has 1 fully saturated rings. The highest BCUT2D eigenvalue weighted by molar-refractivity contribution is 5.35. The zero-order valence-corrected chi connectivity index (χ0v) is 13.4. The molecule has 0 radical (unpaired) electrons. The number of hydrogen-bond donors (Lipinski definition) is 1. The molecule has 1 aliphatic rings. The Morgan fingerprint density at radius 2 is 2.10 bits per heavy atom. The molecule has 3 unspecified atom stereocenters. The highest BCUT2D eigenvalue weighted by Crippen LogP contribution is 2.55. The summed E-state index contributed by atoms with van der Waals surface area (Å²) in [7, 11) is 0. The van der Waals surface area contributed by atoms with Gasteiger partial charge in [-0.05, 0) is 61.8 Å². The minimum atomic E-state index is 0.375. The summed E-state index contributed by atoms with van der Waals surface area (Å²) in [5, 5.41) is 3.72. The molecule has 0 amide bonds. The average Bonchev–Trinajstić information content (AvgIpc) is 2.46. The normalized spacial score (nSPS) is 29.0. The first-order valence-corrected chi connectivity index (χ1v) is 8.11. The lowest BCUT2D eigenvalue weighted by atomic mass is 9.54. The topological polar surface area (TPSA) is 21.3 Å². The third kappa shape index (κ3) is 2.85. The number of rotatable bonds is 7.